The van der Waals surface area contributed by atoms with Crippen LogP contribution in [-0.4, -0.2) is 18.4 Å². The van der Waals surface area contributed by atoms with E-state index in [1.54, 1.807) is 13.0 Å². The second-order valence-corrected chi connectivity index (χ2v) is 5.95. The summed E-state index contributed by atoms with van der Waals surface area (Å²) in [5, 5.41) is 8.64. The molecule has 0 amide bonds. The molecule has 0 aromatic carbocycles. The van der Waals surface area contributed by atoms with Crippen molar-refractivity contribution in [2.45, 2.75) is 18.7 Å². The fourth-order valence-electron chi connectivity index (χ4n) is 1.70. The number of hydrogen-bond acceptors (Lipinski definition) is 5. The Hall–Kier alpha value is -2.46. The van der Waals surface area contributed by atoms with Gasteiger partial charge in [-0.05, 0) is 43.7 Å². The predicted octanol–water partition coefficient (Wildman–Crippen LogP) is 1.77. The van der Waals surface area contributed by atoms with Crippen LogP contribution in [-0.2, 0) is 10.0 Å². The molecular formula is C13H12N4O2S. The summed E-state index contributed by atoms with van der Waals surface area (Å²) in [6, 6.07) is 8.00. The largest absolute Gasteiger partial charge is 0.264 e. The first-order chi connectivity index (χ1) is 9.40. The van der Waals surface area contributed by atoms with E-state index in [0.717, 1.165) is 17.5 Å². The van der Waals surface area contributed by atoms with Crippen molar-refractivity contribution in [3.63, 3.8) is 0 Å². The number of nitrogens with zero attached hydrogens (tertiary/aromatic N) is 3. The molecule has 0 radical (unpaired) electrons. The van der Waals surface area contributed by atoms with Gasteiger partial charge in [-0.2, -0.15) is 5.26 Å². The van der Waals surface area contributed by atoms with Crippen LogP contribution in [0.2, 0.25) is 0 Å². The normalized spacial score (nSPS) is 10.8. The van der Waals surface area contributed by atoms with Crippen LogP contribution < -0.4 is 4.72 Å². The molecule has 102 valence electrons. The van der Waals surface area contributed by atoms with Crippen molar-refractivity contribution < 1.29 is 8.42 Å². The van der Waals surface area contributed by atoms with Crippen LogP contribution in [0, 0.1) is 25.2 Å². The fraction of sp³-hybridized carbons (Fsp3) is 0.154. The molecule has 2 rings (SSSR count). The molecule has 0 saturated carbocycles. The van der Waals surface area contributed by atoms with Crippen molar-refractivity contribution in [3.05, 3.63) is 47.4 Å². The molecular weight excluding hydrogens is 276 g/mol. The Morgan fingerprint density at radius 3 is 2.55 bits per heavy atom. The number of nitrogens with one attached hydrogen (secondary N) is 1. The van der Waals surface area contributed by atoms with Gasteiger partial charge in [0.05, 0.1) is 0 Å². The molecule has 0 aliphatic carbocycles. The highest BCUT2D eigenvalue weighted by Gasteiger charge is 2.15. The molecule has 0 atom stereocenters. The monoisotopic (exact) mass is 288 g/mol. The third-order valence-electron chi connectivity index (χ3n) is 2.50. The van der Waals surface area contributed by atoms with Crippen molar-refractivity contribution in [2.24, 2.45) is 0 Å². The van der Waals surface area contributed by atoms with Crippen LogP contribution in [0.1, 0.15) is 17.0 Å². The predicted molar refractivity (Wildman–Crippen MR) is 73.5 cm³/mol. The Balaban J connectivity index is 2.33. The van der Waals surface area contributed by atoms with Crippen molar-refractivity contribution >= 4 is 15.8 Å². The van der Waals surface area contributed by atoms with Crippen LogP contribution in [0.15, 0.2) is 35.4 Å². The molecule has 7 heteroatoms. The zero-order valence-corrected chi connectivity index (χ0v) is 11.8. The molecule has 0 aliphatic heterocycles. The molecule has 6 nitrogen and oxygen atoms in total. The average Bonchev–Trinajstić information content (AvgIpc) is 2.37. The summed E-state index contributed by atoms with van der Waals surface area (Å²) in [6.45, 7) is 3.64. The van der Waals surface area contributed by atoms with Gasteiger partial charge in [-0.15, -0.1) is 0 Å². The SMILES string of the molecule is Cc1cc(C)nc(NS(=O)(=O)c2ccc(C#N)nc2)c1. The van der Waals surface area contributed by atoms with E-state index in [-0.39, 0.29) is 16.4 Å². The maximum absolute atomic E-state index is 12.1. The van der Waals surface area contributed by atoms with Crippen LogP contribution in [0.25, 0.3) is 0 Å². The highest BCUT2D eigenvalue weighted by Crippen LogP contribution is 2.15. The van der Waals surface area contributed by atoms with E-state index in [4.69, 9.17) is 5.26 Å². The smallest absolute Gasteiger partial charge is 0.263 e. The zero-order valence-electron chi connectivity index (χ0n) is 11.0. The van der Waals surface area contributed by atoms with E-state index in [1.807, 2.05) is 19.1 Å². The molecule has 20 heavy (non-hydrogen) atoms. The van der Waals surface area contributed by atoms with Gasteiger partial charge in [-0.1, -0.05) is 0 Å². The van der Waals surface area contributed by atoms with Crippen molar-refractivity contribution in [1.29, 1.82) is 5.26 Å². The number of pyridine rings is 2. The lowest BCUT2D eigenvalue weighted by molar-refractivity contribution is 0.600. The number of rotatable bonds is 3. The summed E-state index contributed by atoms with van der Waals surface area (Å²) in [7, 11) is -3.76. The zero-order chi connectivity index (χ0) is 14.8. The van der Waals surface area contributed by atoms with Gasteiger partial charge in [0, 0.05) is 11.9 Å². The highest BCUT2D eigenvalue weighted by atomic mass is 32.2. The highest BCUT2D eigenvalue weighted by molar-refractivity contribution is 7.92. The number of sulfonamides is 1. The number of aryl methyl sites for hydroxylation is 2. The molecule has 2 aromatic rings. The number of aromatic nitrogens is 2. The van der Waals surface area contributed by atoms with E-state index in [0.29, 0.717) is 0 Å². The van der Waals surface area contributed by atoms with Gasteiger partial charge in [0.2, 0.25) is 0 Å². The van der Waals surface area contributed by atoms with Crippen LogP contribution in [0.5, 0.6) is 0 Å². The van der Waals surface area contributed by atoms with Gasteiger partial charge in [-0.3, -0.25) is 4.72 Å². The first-order valence-electron chi connectivity index (χ1n) is 5.75. The van der Waals surface area contributed by atoms with Crippen LogP contribution in [0.3, 0.4) is 0 Å². The Kier molecular flexibility index (Phi) is 3.68. The number of anilines is 1. The van der Waals surface area contributed by atoms with Gasteiger partial charge in [0.25, 0.3) is 10.0 Å². The molecule has 2 aromatic heterocycles. The van der Waals surface area contributed by atoms with Crippen molar-refractivity contribution in [3.8, 4) is 6.07 Å². The lowest BCUT2D eigenvalue weighted by atomic mass is 10.2. The van der Waals surface area contributed by atoms with E-state index in [1.165, 1.54) is 12.1 Å². The number of nitriles is 1. The lowest BCUT2D eigenvalue weighted by Crippen LogP contribution is -2.14. The topological polar surface area (TPSA) is 95.7 Å². The van der Waals surface area contributed by atoms with Crippen LogP contribution >= 0.6 is 0 Å². The fourth-order valence-corrected chi connectivity index (χ4v) is 2.63. The molecule has 1 N–H and O–H groups in total. The van der Waals surface area contributed by atoms with Crippen molar-refractivity contribution in [1.82, 2.24) is 9.97 Å². The molecule has 0 bridgehead atoms. The quantitative estimate of drug-likeness (QED) is 0.928. The molecule has 0 saturated heterocycles. The van der Waals surface area contributed by atoms with Crippen molar-refractivity contribution in [2.75, 3.05) is 4.72 Å². The molecule has 0 unspecified atom stereocenters. The third-order valence-corrected chi connectivity index (χ3v) is 3.84. The summed E-state index contributed by atoms with van der Waals surface area (Å²) in [6.07, 6.45) is 1.14. The lowest BCUT2D eigenvalue weighted by Gasteiger charge is -2.08. The maximum Gasteiger partial charge on any atom is 0.264 e. The van der Waals surface area contributed by atoms with Crippen LogP contribution in [0.4, 0.5) is 5.82 Å². The third kappa shape index (κ3) is 3.10. The van der Waals surface area contributed by atoms with Gasteiger partial charge in [0.15, 0.2) is 0 Å². The second-order valence-electron chi connectivity index (χ2n) is 4.27. The molecule has 0 fully saturated rings. The van der Waals surface area contributed by atoms with E-state index < -0.39 is 10.0 Å². The first kappa shape index (κ1) is 14.0. The summed E-state index contributed by atoms with van der Waals surface area (Å²) in [5.41, 5.74) is 1.79. The van der Waals surface area contributed by atoms with Gasteiger partial charge in [0.1, 0.15) is 22.5 Å². The average molecular weight is 288 g/mol. The van der Waals surface area contributed by atoms with Gasteiger partial charge >= 0.3 is 0 Å². The molecule has 2 heterocycles. The first-order valence-corrected chi connectivity index (χ1v) is 7.23. The summed E-state index contributed by atoms with van der Waals surface area (Å²) in [4.78, 5) is 7.84. The summed E-state index contributed by atoms with van der Waals surface area (Å²) in [5.74, 6) is 0.256. The van der Waals surface area contributed by atoms with Gasteiger partial charge < -0.3 is 0 Å². The van der Waals surface area contributed by atoms with Gasteiger partial charge in [-0.25, -0.2) is 18.4 Å². The minimum Gasteiger partial charge on any atom is -0.263 e. The van der Waals surface area contributed by atoms with E-state index in [2.05, 4.69) is 14.7 Å². The minimum absolute atomic E-state index is 0.0162. The minimum atomic E-state index is -3.76. The summed E-state index contributed by atoms with van der Waals surface area (Å²) >= 11 is 0. The maximum atomic E-state index is 12.1. The van der Waals surface area contributed by atoms with E-state index >= 15 is 0 Å². The summed E-state index contributed by atoms with van der Waals surface area (Å²) < 4.78 is 26.7. The number of hydrogen-bond donors (Lipinski definition) is 1. The Bertz CT molecular complexity index is 757. The Morgan fingerprint density at radius 2 is 2.00 bits per heavy atom. The second kappa shape index (κ2) is 5.27. The standard InChI is InChI=1S/C13H12N4O2S/c1-9-5-10(2)16-13(6-9)17-20(18,19)12-4-3-11(7-14)15-8-12/h3-6,8H,1-2H3,(H,16,17). The molecule has 0 spiro atoms. The molecule has 0 aliphatic rings. The van der Waals surface area contributed by atoms with E-state index in [9.17, 15) is 8.42 Å². The Labute approximate surface area is 117 Å². The Morgan fingerprint density at radius 1 is 1.25 bits per heavy atom.